The lowest BCUT2D eigenvalue weighted by atomic mass is 9.87. The minimum absolute atomic E-state index is 0.457. The fourth-order valence-electron chi connectivity index (χ4n) is 2.46. The predicted octanol–water partition coefficient (Wildman–Crippen LogP) is 3.44. The van der Waals surface area contributed by atoms with E-state index in [1.807, 2.05) is 14.0 Å². The first-order valence-corrected chi connectivity index (χ1v) is 6.68. The Balaban J connectivity index is 2.47. The van der Waals surface area contributed by atoms with Crippen molar-refractivity contribution in [2.24, 2.45) is 0 Å². The van der Waals surface area contributed by atoms with E-state index in [0.717, 1.165) is 18.8 Å². The molecule has 0 saturated heterocycles. The van der Waals surface area contributed by atoms with Gasteiger partial charge in [0, 0.05) is 16.1 Å². The van der Waals surface area contributed by atoms with Gasteiger partial charge in [0.25, 0.3) is 0 Å². The molecule has 1 aromatic carbocycles. The summed E-state index contributed by atoms with van der Waals surface area (Å²) in [6.07, 6.45) is 3.56. The zero-order chi connectivity index (χ0) is 11.5. The molecule has 1 atom stereocenters. The number of hydrogen-bond acceptors (Lipinski definition) is 2. The van der Waals surface area contributed by atoms with Gasteiger partial charge in [-0.3, -0.25) is 0 Å². The highest BCUT2D eigenvalue weighted by Crippen LogP contribution is 2.39. The summed E-state index contributed by atoms with van der Waals surface area (Å²) in [5.41, 5.74) is 2.77. The molecule has 0 amide bonds. The third-order valence-corrected chi connectivity index (χ3v) is 3.87. The second kappa shape index (κ2) is 5.19. The van der Waals surface area contributed by atoms with E-state index in [1.165, 1.54) is 28.4 Å². The third-order valence-electron chi connectivity index (χ3n) is 3.18. The number of hydrogen-bond donors (Lipinski definition) is 1. The lowest BCUT2D eigenvalue weighted by Gasteiger charge is -2.28. The van der Waals surface area contributed by atoms with Crippen LogP contribution in [0.4, 0.5) is 0 Å². The van der Waals surface area contributed by atoms with Gasteiger partial charge in [-0.1, -0.05) is 15.9 Å². The zero-order valence-corrected chi connectivity index (χ0v) is 11.4. The fourth-order valence-corrected chi connectivity index (χ4v) is 3.11. The van der Waals surface area contributed by atoms with E-state index >= 15 is 0 Å². The molecule has 1 unspecified atom stereocenters. The summed E-state index contributed by atoms with van der Waals surface area (Å²) >= 11 is 3.65. The second-order valence-corrected chi connectivity index (χ2v) is 4.96. The van der Waals surface area contributed by atoms with E-state index in [0.29, 0.717) is 6.04 Å². The molecule has 0 aromatic heterocycles. The molecule has 3 heteroatoms. The molecular formula is C13H18BrNO. The lowest BCUT2D eigenvalue weighted by molar-refractivity contribution is 0.332. The molecule has 0 heterocycles. The molecule has 0 saturated carbocycles. The van der Waals surface area contributed by atoms with Crippen molar-refractivity contribution in [2.75, 3.05) is 13.7 Å². The van der Waals surface area contributed by atoms with Gasteiger partial charge in [-0.25, -0.2) is 0 Å². The van der Waals surface area contributed by atoms with Crippen LogP contribution in [0.1, 0.15) is 36.9 Å². The van der Waals surface area contributed by atoms with Gasteiger partial charge in [0.2, 0.25) is 0 Å². The van der Waals surface area contributed by atoms with Crippen molar-refractivity contribution in [3.05, 3.63) is 27.7 Å². The third kappa shape index (κ3) is 2.11. The number of rotatable bonds is 3. The zero-order valence-electron chi connectivity index (χ0n) is 9.85. The van der Waals surface area contributed by atoms with Gasteiger partial charge in [-0.05, 0) is 50.9 Å². The van der Waals surface area contributed by atoms with Gasteiger partial charge in [0.15, 0.2) is 0 Å². The Kier molecular flexibility index (Phi) is 3.87. The van der Waals surface area contributed by atoms with Gasteiger partial charge in [0.05, 0.1) is 6.61 Å². The molecule has 0 spiro atoms. The molecule has 1 aromatic rings. The van der Waals surface area contributed by atoms with Crippen LogP contribution in [0.15, 0.2) is 16.6 Å². The van der Waals surface area contributed by atoms with Gasteiger partial charge in [-0.2, -0.15) is 0 Å². The monoisotopic (exact) mass is 283 g/mol. The topological polar surface area (TPSA) is 21.3 Å². The van der Waals surface area contributed by atoms with Crippen molar-refractivity contribution in [3.8, 4) is 5.75 Å². The smallest absolute Gasteiger partial charge is 0.122 e. The van der Waals surface area contributed by atoms with Gasteiger partial charge in [-0.15, -0.1) is 0 Å². The fraction of sp³-hybridized carbons (Fsp3) is 0.538. The standard InChI is InChI=1S/C13H18BrNO/c1-3-16-12-8-7-10(14)13-9(12)5-4-6-11(13)15-2/h7-8,11,15H,3-6H2,1-2H3. The Bertz CT molecular complexity index is 378. The van der Waals surface area contributed by atoms with E-state index < -0.39 is 0 Å². The summed E-state index contributed by atoms with van der Waals surface area (Å²) in [4.78, 5) is 0. The second-order valence-electron chi connectivity index (χ2n) is 4.10. The van der Waals surface area contributed by atoms with Crippen molar-refractivity contribution in [1.82, 2.24) is 5.32 Å². The maximum atomic E-state index is 5.70. The van der Waals surface area contributed by atoms with Crippen molar-refractivity contribution >= 4 is 15.9 Å². The molecule has 2 rings (SSSR count). The molecule has 0 radical (unpaired) electrons. The molecule has 0 fully saturated rings. The molecule has 1 N–H and O–H groups in total. The van der Waals surface area contributed by atoms with Crippen molar-refractivity contribution in [2.45, 2.75) is 32.2 Å². The van der Waals surface area contributed by atoms with Crippen molar-refractivity contribution < 1.29 is 4.74 Å². The number of nitrogens with one attached hydrogen (secondary N) is 1. The molecule has 0 bridgehead atoms. The summed E-state index contributed by atoms with van der Waals surface area (Å²) < 4.78 is 6.90. The Morgan fingerprint density at radius 2 is 2.31 bits per heavy atom. The summed E-state index contributed by atoms with van der Waals surface area (Å²) in [5, 5.41) is 3.38. The van der Waals surface area contributed by atoms with Crippen LogP contribution in [-0.2, 0) is 6.42 Å². The quantitative estimate of drug-likeness (QED) is 0.918. The summed E-state index contributed by atoms with van der Waals surface area (Å²) in [5.74, 6) is 1.06. The number of ether oxygens (including phenoxy) is 1. The van der Waals surface area contributed by atoms with Crippen LogP contribution in [0.25, 0.3) is 0 Å². The highest BCUT2D eigenvalue weighted by molar-refractivity contribution is 9.10. The Labute approximate surface area is 106 Å². The number of fused-ring (bicyclic) bond motifs is 1. The molecule has 1 aliphatic rings. The first-order chi connectivity index (χ1) is 7.77. The van der Waals surface area contributed by atoms with Crippen LogP contribution in [0.3, 0.4) is 0 Å². The van der Waals surface area contributed by atoms with Crippen LogP contribution in [-0.4, -0.2) is 13.7 Å². The van der Waals surface area contributed by atoms with Crippen LogP contribution in [0, 0.1) is 0 Å². The summed E-state index contributed by atoms with van der Waals surface area (Å²) in [6, 6.07) is 4.63. The summed E-state index contributed by atoms with van der Waals surface area (Å²) in [6.45, 7) is 2.77. The molecule has 0 aliphatic heterocycles. The van der Waals surface area contributed by atoms with Crippen LogP contribution in [0.5, 0.6) is 5.75 Å². The van der Waals surface area contributed by atoms with Crippen LogP contribution in [0.2, 0.25) is 0 Å². The highest BCUT2D eigenvalue weighted by atomic mass is 79.9. The maximum absolute atomic E-state index is 5.70. The van der Waals surface area contributed by atoms with Gasteiger partial charge >= 0.3 is 0 Å². The number of halogens is 1. The largest absolute Gasteiger partial charge is 0.494 e. The van der Waals surface area contributed by atoms with Crippen LogP contribution < -0.4 is 10.1 Å². The van der Waals surface area contributed by atoms with Crippen molar-refractivity contribution in [1.29, 1.82) is 0 Å². The average molecular weight is 284 g/mol. The molecule has 2 nitrogen and oxygen atoms in total. The normalized spacial score (nSPS) is 19.3. The first-order valence-electron chi connectivity index (χ1n) is 5.89. The lowest BCUT2D eigenvalue weighted by Crippen LogP contribution is -2.22. The van der Waals surface area contributed by atoms with Crippen LogP contribution >= 0.6 is 15.9 Å². The Morgan fingerprint density at radius 1 is 1.50 bits per heavy atom. The predicted molar refractivity (Wildman–Crippen MR) is 70.0 cm³/mol. The molecule has 88 valence electrons. The highest BCUT2D eigenvalue weighted by Gasteiger charge is 2.24. The average Bonchev–Trinajstić information content (AvgIpc) is 2.32. The maximum Gasteiger partial charge on any atom is 0.122 e. The SMILES string of the molecule is CCOc1ccc(Br)c2c1CCCC2NC. The van der Waals surface area contributed by atoms with E-state index in [9.17, 15) is 0 Å². The Hall–Kier alpha value is -0.540. The van der Waals surface area contributed by atoms with Crippen molar-refractivity contribution in [3.63, 3.8) is 0 Å². The molecule has 16 heavy (non-hydrogen) atoms. The Morgan fingerprint density at radius 3 is 3.00 bits per heavy atom. The minimum atomic E-state index is 0.457. The molecule has 1 aliphatic carbocycles. The molecular weight excluding hydrogens is 266 g/mol. The van der Waals surface area contributed by atoms with Gasteiger partial charge in [0.1, 0.15) is 5.75 Å². The number of benzene rings is 1. The minimum Gasteiger partial charge on any atom is -0.494 e. The van der Waals surface area contributed by atoms with E-state index in [1.54, 1.807) is 0 Å². The summed E-state index contributed by atoms with van der Waals surface area (Å²) in [7, 11) is 2.03. The van der Waals surface area contributed by atoms with E-state index in [2.05, 4.69) is 33.4 Å². The van der Waals surface area contributed by atoms with E-state index in [-0.39, 0.29) is 0 Å². The van der Waals surface area contributed by atoms with E-state index in [4.69, 9.17) is 4.74 Å². The van der Waals surface area contributed by atoms with Gasteiger partial charge < -0.3 is 10.1 Å². The first kappa shape index (κ1) is 11.9.